The zero-order valence-corrected chi connectivity index (χ0v) is 6.94. The van der Waals surface area contributed by atoms with E-state index >= 15 is 0 Å². The van der Waals surface area contributed by atoms with Gasteiger partial charge in [-0.3, -0.25) is 4.79 Å². The van der Waals surface area contributed by atoms with E-state index in [2.05, 4.69) is 4.74 Å². The maximum Gasteiger partial charge on any atom is 0.422 e. The number of rotatable bonds is 3. The van der Waals surface area contributed by atoms with Crippen LogP contribution in [0.4, 0.5) is 13.2 Å². The van der Waals surface area contributed by atoms with Crippen LogP contribution in [0.25, 0.3) is 0 Å². The first-order valence-electron chi connectivity index (χ1n) is 3.53. The fourth-order valence-electron chi connectivity index (χ4n) is 0.555. The summed E-state index contributed by atoms with van der Waals surface area (Å²) in [7, 11) is 0. The lowest BCUT2D eigenvalue weighted by molar-refractivity contribution is -0.186. The van der Waals surface area contributed by atoms with Gasteiger partial charge in [0.05, 0.1) is 0 Å². The lowest BCUT2D eigenvalue weighted by atomic mass is 10.1. The van der Waals surface area contributed by atoms with Crippen molar-refractivity contribution in [2.24, 2.45) is 5.92 Å². The Morgan fingerprint density at radius 3 is 2.25 bits per heavy atom. The highest BCUT2D eigenvalue weighted by Crippen LogP contribution is 2.15. The van der Waals surface area contributed by atoms with Crippen LogP contribution in [-0.2, 0) is 9.53 Å². The first-order valence-corrected chi connectivity index (χ1v) is 3.53. The molecule has 72 valence electrons. The molecule has 5 heteroatoms. The van der Waals surface area contributed by atoms with E-state index in [-0.39, 0.29) is 12.3 Å². The molecule has 0 rings (SSSR count). The van der Waals surface area contributed by atoms with Crippen molar-refractivity contribution in [3.63, 3.8) is 0 Å². The Bertz CT molecular complexity index is 151. The van der Waals surface area contributed by atoms with Crippen LogP contribution in [0.3, 0.4) is 0 Å². The molecule has 0 bridgehead atoms. The summed E-state index contributed by atoms with van der Waals surface area (Å²) in [5.41, 5.74) is 0. The molecule has 0 fully saturated rings. The van der Waals surface area contributed by atoms with Crippen LogP contribution in [0.5, 0.6) is 0 Å². The molecule has 0 spiro atoms. The molecular weight excluding hydrogens is 173 g/mol. The van der Waals surface area contributed by atoms with Crippen molar-refractivity contribution in [3.8, 4) is 0 Å². The van der Waals surface area contributed by atoms with Crippen molar-refractivity contribution in [3.05, 3.63) is 0 Å². The van der Waals surface area contributed by atoms with Gasteiger partial charge in [-0.25, -0.2) is 0 Å². The first kappa shape index (κ1) is 11.3. The van der Waals surface area contributed by atoms with E-state index in [0.29, 0.717) is 0 Å². The van der Waals surface area contributed by atoms with Crippen molar-refractivity contribution in [1.82, 2.24) is 0 Å². The summed E-state index contributed by atoms with van der Waals surface area (Å²) in [6.45, 7) is 1.97. The van der Waals surface area contributed by atoms with Gasteiger partial charge in [-0.2, -0.15) is 13.2 Å². The Morgan fingerprint density at radius 1 is 1.42 bits per heavy atom. The highest BCUT2D eigenvalue weighted by molar-refractivity contribution is 5.69. The van der Waals surface area contributed by atoms with Crippen LogP contribution < -0.4 is 0 Å². The molecular formula is C7H11F3O2. The number of alkyl halides is 3. The maximum absolute atomic E-state index is 11.5. The van der Waals surface area contributed by atoms with Crippen molar-refractivity contribution < 1.29 is 22.7 Å². The van der Waals surface area contributed by atoms with Gasteiger partial charge in [0.2, 0.25) is 0 Å². The van der Waals surface area contributed by atoms with E-state index in [9.17, 15) is 18.0 Å². The molecule has 0 aromatic heterocycles. The maximum atomic E-state index is 11.5. The van der Waals surface area contributed by atoms with E-state index in [1.165, 1.54) is 0 Å². The zero-order chi connectivity index (χ0) is 9.78. The van der Waals surface area contributed by atoms with E-state index < -0.39 is 18.8 Å². The van der Waals surface area contributed by atoms with Gasteiger partial charge in [0.15, 0.2) is 6.61 Å². The van der Waals surface area contributed by atoms with Crippen molar-refractivity contribution in [1.29, 1.82) is 0 Å². The van der Waals surface area contributed by atoms with E-state index in [4.69, 9.17) is 0 Å². The van der Waals surface area contributed by atoms with Gasteiger partial charge in [-0.1, -0.05) is 13.8 Å². The zero-order valence-electron chi connectivity index (χ0n) is 6.94. The van der Waals surface area contributed by atoms with Crippen LogP contribution in [0.1, 0.15) is 20.3 Å². The fraction of sp³-hybridized carbons (Fsp3) is 0.857. The number of esters is 1. The minimum atomic E-state index is -4.42. The smallest absolute Gasteiger partial charge is 0.422 e. The Hall–Kier alpha value is -0.740. The molecule has 0 aliphatic carbocycles. The van der Waals surface area contributed by atoms with Gasteiger partial charge in [0, 0.05) is 6.42 Å². The molecule has 0 atom stereocenters. The Labute approximate surface area is 68.7 Å². The van der Waals surface area contributed by atoms with E-state index in [1.807, 2.05) is 0 Å². The molecule has 0 aromatic rings. The molecule has 0 aliphatic rings. The third-order valence-electron chi connectivity index (χ3n) is 0.972. The molecule has 0 heterocycles. The molecule has 2 nitrogen and oxygen atoms in total. The minimum absolute atomic E-state index is 0.0192. The van der Waals surface area contributed by atoms with Crippen molar-refractivity contribution in [2.75, 3.05) is 6.61 Å². The first-order chi connectivity index (χ1) is 5.31. The number of hydrogen-bond acceptors (Lipinski definition) is 2. The number of halogens is 3. The molecule has 0 unspecified atom stereocenters. The largest absolute Gasteiger partial charge is 0.456 e. The second kappa shape index (κ2) is 4.33. The minimum Gasteiger partial charge on any atom is -0.456 e. The van der Waals surface area contributed by atoms with Gasteiger partial charge >= 0.3 is 12.1 Å². The summed E-state index contributed by atoms with van der Waals surface area (Å²) in [5, 5.41) is 0. The number of carbonyl (C=O) groups is 1. The summed E-state index contributed by atoms with van der Waals surface area (Å²) in [6, 6.07) is 0. The highest BCUT2D eigenvalue weighted by atomic mass is 19.4. The Balaban J connectivity index is 3.58. The SMILES string of the molecule is CC(C)CC(=O)OCC(F)(F)F. The quantitative estimate of drug-likeness (QED) is 0.628. The summed E-state index contributed by atoms with van der Waals surface area (Å²) in [5.74, 6) is -0.784. The third-order valence-corrected chi connectivity index (χ3v) is 0.972. The molecule has 0 aromatic carbocycles. The van der Waals surface area contributed by atoms with Crippen LogP contribution in [0.15, 0.2) is 0 Å². The Kier molecular flexibility index (Phi) is 4.06. The summed E-state index contributed by atoms with van der Waals surface area (Å²) < 4.78 is 38.4. The third kappa shape index (κ3) is 7.37. The monoisotopic (exact) mass is 184 g/mol. The van der Waals surface area contributed by atoms with Crippen LogP contribution in [0, 0.1) is 5.92 Å². The fourth-order valence-corrected chi connectivity index (χ4v) is 0.555. The molecule has 0 radical (unpaired) electrons. The van der Waals surface area contributed by atoms with Crippen molar-refractivity contribution >= 4 is 5.97 Å². The summed E-state index contributed by atoms with van der Waals surface area (Å²) >= 11 is 0. The second-order valence-electron chi connectivity index (χ2n) is 2.87. The normalized spacial score (nSPS) is 11.8. The number of ether oxygens (including phenoxy) is 1. The Morgan fingerprint density at radius 2 is 1.92 bits per heavy atom. The van der Waals surface area contributed by atoms with Crippen LogP contribution in [0.2, 0.25) is 0 Å². The molecule has 0 N–H and O–H groups in total. The van der Waals surface area contributed by atoms with Gasteiger partial charge < -0.3 is 4.74 Å². The standard InChI is InChI=1S/C7H11F3O2/c1-5(2)3-6(11)12-4-7(8,9)10/h5H,3-4H2,1-2H3. The molecule has 0 saturated heterocycles. The summed E-state index contributed by atoms with van der Waals surface area (Å²) in [4.78, 5) is 10.6. The van der Waals surface area contributed by atoms with Crippen LogP contribution in [-0.4, -0.2) is 18.8 Å². The van der Waals surface area contributed by atoms with Crippen molar-refractivity contribution in [2.45, 2.75) is 26.4 Å². The molecule has 0 aliphatic heterocycles. The topological polar surface area (TPSA) is 26.3 Å². The van der Waals surface area contributed by atoms with E-state index in [1.54, 1.807) is 13.8 Å². The predicted molar refractivity (Wildman–Crippen MR) is 36.5 cm³/mol. The lowest BCUT2D eigenvalue weighted by Crippen LogP contribution is -2.20. The van der Waals surface area contributed by atoms with Gasteiger partial charge in [-0.05, 0) is 5.92 Å². The van der Waals surface area contributed by atoms with Gasteiger partial charge in [0.25, 0.3) is 0 Å². The average molecular weight is 184 g/mol. The second-order valence-corrected chi connectivity index (χ2v) is 2.87. The molecule has 0 saturated carbocycles. The van der Waals surface area contributed by atoms with Gasteiger partial charge in [0.1, 0.15) is 0 Å². The predicted octanol–water partition coefficient (Wildman–Crippen LogP) is 2.14. The molecule has 12 heavy (non-hydrogen) atoms. The number of hydrogen-bond donors (Lipinski definition) is 0. The molecule has 0 amide bonds. The number of carbonyl (C=O) groups excluding carboxylic acids is 1. The average Bonchev–Trinajstić information content (AvgIpc) is 1.80. The lowest BCUT2D eigenvalue weighted by Gasteiger charge is -2.08. The van der Waals surface area contributed by atoms with E-state index in [0.717, 1.165) is 0 Å². The highest BCUT2D eigenvalue weighted by Gasteiger charge is 2.29. The van der Waals surface area contributed by atoms with Gasteiger partial charge in [-0.15, -0.1) is 0 Å². The summed E-state index contributed by atoms with van der Waals surface area (Å²) in [6.07, 6.45) is -4.40. The van der Waals surface area contributed by atoms with Crippen LogP contribution >= 0.6 is 0 Å².